The van der Waals surface area contributed by atoms with Gasteiger partial charge in [0.2, 0.25) is 5.91 Å². The molecule has 1 saturated heterocycles. The zero-order valence-electron chi connectivity index (χ0n) is 21.7. The minimum Gasteiger partial charge on any atom is -0.495 e. The summed E-state index contributed by atoms with van der Waals surface area (Å²) >= 11 is 5.79. The van der Waals surface area contributed by atoms with Gasteiger partial charge in [-0.15, -0.1) is 0 Å². The van der Waals surface area contributed by atoms with E-state index in [0.717, 1.165) is 5.69 Å². The lowest BCUT2D eigenvalue weighted by molar-refractivity contribution is -0.119. The summed E-state index contributed by atoms with van der Waals surface area (Å²) in [6.45, 7) is -0.117. The van der Waals surface area contributed by atoms with Crippen molar-refractivity contribution in [3.05, 3.63) is 96.0 Å². The van der Waals surface area contributed by atoms with E-state index in [1.165, 1.54) is 20.3 Å². The Morgan fingerprint density at radius 3 is 2.62 bits per heavy atom. The molecule has 10 nitrogen and oxygen atoms in total. The first-order valence-electron chi connectivity index (χ1n) is 12.3. The van der Waals surface area contributed by atoms with Crippen LogP contribution in [0.25, 0.3) is 11.3 Å². The average molecular weight is 559 g/mol. The molecule has 4 aromatic rings. The first-order valence-corrected chi connectivity index (χ1v) is 12.7. The predicted molar refractivity (Wildman–Crippen MR) is 153 cm³/mol. The second kappa shape index (κ2) is 11.6. The van der Waals surface area contributed by atoms with E-state index in [2.05, 4.69) is 15.6 Å². The van der Waals surface area contributed by atoms with Crippen LogP contribution in [0.1, 0.15) is 33.9 Å². The van der Waals surface area contributed by atoms with E-state index in [-0.39, 0.29) is 18.1 Å². The Morgan fingerprint density at radius 2 is 1.90 bits per heavy atom. The molecule has 2 aromatic heterocycles. The molecule has 11 heteroatoms. The van der Waals surface area contributed by atoms with Crippen LogP contribution < -0.4 is 20.3 Å². The topological polar surface area (TPSA) is 126 Å². The highest BCUT2D eigenvalue weighted by molar-refractivity contribution is 7.80. The van der Waals surface area contributed by atoms with Crippen LogP contribution in [0.4, 0.5) is 11.4 Å². The summed E-state index contributed by atoms with van der Waals surface area (Å²) in [4.78, 5) is 30.6. The highest BCUT2D eigenvalue weighted by Gasteiger charge is 2.43. The maximum Gasteiger partial charge on any atom is 0.336 e. The van der Waals surface area contributed by atoms with Gasteiger partial charge in [0.1, 0.15) is 29.9 Å². The summed E-state index contributed by atoms with van der Waals surface area (Å²) in [7, 11) is 2.96. The van der Waals surface area contributed by atoms with E-state index in [9.17, 15) is 14.7 Å². The standard InChI is InChI=1S/C29H26N4O6S/c1-37-16-25(34)31-21-15-17(10-11-23(21)38-2)33-27(26(32-29(33)40)20-9-5-6-14-30-20)24-13-12-22(39-24)18-7-3-4-8-19(18)28(35)36/h3-15,26-27H,16H2,1-2H3,(H,31,34)(H,32,40)(H,35,36). The fraction of sp³-hybridized carbons (Fsp3) is 0.172. The van der Waals surface area contributed by atoms with Gasteiger partial charge < -0.3 is 34.5 Å². The monoisotopic (exact) mass is 558 g/mol. The third-order valence-electron chi connectivity index (χ3n) is 6.45. The van der Waals surface area contributed by atoms with E-state index < -0.39 is 18.1 Å². The zero-order chi connectivity index (χ0) is 28.2. The molecule has 5 rings (SSSR count). The largest absolute Gasteiger partial charge is 0.495 e. The fourth-order valence-corrected chi connectivity index (χ4v) is 5.07. The van der Waals surface area contributed by atoms with E-state index in [4.69, 9.17) is 26.1 Å². The van der Waals surface area contributed by atoms with E-state index in [1.807, 2.05) is 35.2 Å². The Balaban J connectivity index is 1.60. The third-order valence-corrected chi connectivity index (χ3v) is 6.76. The molecule has 1 aliphatic rings. The number of furan rings is 1. The van der Waals surface area contributed by atoms with Gasteiger partial charge in [0, 0.05) is 24.6 Å². The van der Waals surface area contributed by atoms with Crippen molar-refractivity contribution in [3.63, 3.8) is 0 Å². The van der Waals surface area contributed by atoms with Gasteiger partial charge in [0.05, 0.1) is 30.1 Å². The number of thiocarbonyl (C=S) groups is 1. The molecule has 0 radical (unpaired) electrons. The van der Waals surface area contributed by atoms with Crippen molar-refractivity contribution in [2.75, 3.05) is 31.0 Å². The number of nitrogens with zero attached hydrogens (tertiary/aromatic N) is 2. The lowest BCUT2D eigenvalue weighted by atomic mass is 10.0. The molecule has 3 N–H and O–H groups in total. The molecular formula is C29H26N4O6S. The molecule has 1 aliphatic heterocycles. The average Bonchev–Trinajstić information content (AvgIpc) is 3.58. The van der Waals surface area contributed by atoms with Gasteiger partial charge in [0.15, 0.2) is 5.11 Å². The first kappa shape index (κ1) is 26.9. The van der Waals surface area contributed by atoms with Crippen LogP contribution in [0.5, 0.6) is 5.75 Å². The number of carboxylic acid groups (broad SMARTS) is 1. The maximum atomic E-state index is 12.3. The minimum atomic E-state index is -1.05. The summed E-state index contributed by atoms with van der Waals surface area (Å²) in [6, 6.07) is 20.3. The van der Waals surface area contributed by atoms with Crippen LogP contribution in [0.15, 0.2) is 83.4 Å². The molecule has 0 aliphatic carbocycles. The molecule has 2 unspecified atom stereocenters. The summed E-state index contributed by atoms with van der Waals surface area (Å²) in [6.07, 6.45) is 1.70. The number of ether oxygens (including phenoxy) is 2. The van der Waals surface area contributed by atoms with Crippen molar-refractivity contribution in [2.45, 2.75) is 12.1 Å². The quantitative estimate of drug-likeness (QED) is 0.246. The van der Waals surface area contributed by atoms with Crippen LogP contribution in [-0.2, 0) is 9.53 Å². The van der Waals surface area contributed by atoms with Gasteiger partial charge in [0.25, 0.3) is 0 Å². The van der Waals surface area contributed by atoms with Crippen molar-refractivity contribution in [1.82, 2.24) is 10.3 Å². The number of hydrogen-bond acceptors (Lipinski definition) is 7. The molecular weight excluding hydrogens is 532 g/mol. The first-order chi connectivity index (χ1) is 19.4. The number of aromatic carboxylic acids is 1. The molecule has 3 heterocycles. The van der Waals surface area contributed by atoms with Gasteiger partial charge in [-0.05, 0) is 60.7 Å². The van der Waals surface area contributed by atoms with Crippen LogP contribution in [0, 0.1) is 0 Å². The molecule has 2 atom stereocenters. The Morgan fingerprint density at radius 1 is 1.10 bits per heavy atom. The number of nitrogens with one attached hydrogen (secondary N) is 2. The van der Waals surface area contributed by atoms with E-state index >= 15 is 0 Å². The molecule has 0 bridgehead atoms. The number of benzene rings is 2. The van der Waals surface area contributed by atoms with Gasteiger partial charge in [-0.25, -0.2) is 4.79 Å². The van der Waals surface area contributed by atoms with Crippen LogP contribution in [-0.4, -0.2) is 47.9 Å². The number of pyridine rings is 1. The summed E-state index contributed by atoms with van der Waals surface area (Å²) in [5, 5.41) is 16.3. The highest BCUT2D eigenvalue weighted by atomic mass is 32.1. The molecule has 0 spiro atoms. The van der Waals surface area contributed by atoms with E-state index in [0.29, 0.717) is 39.3 Å². The van der Waals surface area contributed by atoms with Gasteiger partial charge >= 0.3 is 5.97 Å². The Kier molecular flexibility index (Phi) is 7.76. The normalized spacial score (nSPS) is 16.4. The Hall–Kier alpha value is -4.74. The number of anilines is 2. The molecule has 2 aromatic carbocycles. The molecule has 1 amide bonds. The van der Waals surface area contributed by atoms with Gasteiger partial charge in [-0.2, -0.15) is 0 Å². The number of carbonyl (C=O) groups is 2. The predicted octanol–water partition coefficient (Wildman–Crippen LogP) is 4.81. The van der Waals surface area contributed by atoms with Crippen molar-refractivity contribution in [3.8, 4) is 17.1 Å². The van der Waals surface area contributed by atoms with Gasteiger partial charge in [-0.3, -0.25) is 9.78 Å². The third kappa shape index (κ3) is 5.24. The number of hydrogen-bond donors (Lipinski definition) is 3. The lowest BCUT2D eigenvalue weighted by Gasteiger charge is -2.27. The Bertz CT molecular complexity index is 1560. The molecule has 204 valence electrons. The van der Waals surface area contributed by atoms with E-state index in [1.54, 1.807) is 42.6 Å². The Labute approximate surface area is 235 Å². The molecule has 0 saturated carbocycles. The second-order valence-electron chi connectivity index (χ2n) is 8.92. The smallest absolute Gasteiger partial charge is 0.336 e. The second-order valence-corrected chi connectivity index (χ2v) is 9.30. The maximum absolute atomic E-state index is 12.3. The molecule has 1 fully saturated rings. The molecule has 40 heavy (non-hydrogen) atoms. The SMILES string of the molecule is COCC(=O)Nc1cc(N2C(=S)NC(c3ccccn3)C2c2ccc(-c3ccccc3C(=O)O)o2)ccc1OC. The van der Waals surface area contributed by atoms with Crippen LogP contribution in [0.3, 0.4) is 0 Å². The minimum absolute atomic E-state index is 0.117. The summed E-state index contributed by atoms with van der Waals surface area (Å²) in [5.41, 5.74) is 2.44. The number of amides is 1. The van der Waals surface area contributed by atoms with Gasteiger partial charge in [-0.1, -0.05) is 24.3 Å². The van der Waals surface area contributed by atoms with Crippen molar-refractivity contribution >= 4 is 40.6 Å². The summed E-state index contributed by atoms with van der Waals surface area (Å²) in [5.74, 6) is 0.0312. The summed E-state index contributed by atoms with van der Waals surface area (Å²) < 4.78 is 16.7. The zero-order valence-corrected chi connectivity index (χ0v) is 22.5. The van der Waals surface area contributed by atoms with Crippen molar-refractivity contribution in [2.24, 2.45) is 0 Å². The number of carbonyl (C=O) groups excluding carboxylic acids is 1. The van der Waals surface area contributed by atoms with Crippen molar-refractivity contribution < 1.29 is 28.6 Å². The van der Waals surface area contributed by atoms with Crippen LogP contribution in [0.2, 0.25) is 0 Å². The lowest BCUT2D eigenvalue weighted by Crippen LogP contribution is -2.29. The number of carboxylic acids is 1. The number of aromatic nitrogens is 1. The fourth-order valence-electron chi connectivity index (χ4n) is 4.72. The number of methoxy groups -OCH3 is 2. The number of rotatable bonds is 9. The van der Waals surface area contributed by atoms with Crippen molar-refractivity contribution in [1.29, 1.82) is 0 Å². The highest BCUT2D eigenvalue weighted by Crippen LogP contribution is 2.44. The van der Waals surface area contributed by atoms with Crippen LogP contribution >= 0.6 is 12.2 Å².